The zero-order valence-corrected chi connectivity index (χ0v) is 22.4. The van der Waals surface area contributed by atoms with Crippen LogP contribution >= 0.6 is 0 Å². The minimum Gasteiger partial charge on any atom is -0.481 e. The van der Waals surface area contributed by atoms with Crippen LogP contribution in [0.1, 0.15) is 99.8 Å². The summed E-state index contributed by atoms with van der Waals surface area (Å²) in [4.78, 5) is 23.9. The highest BCUT2D eigenvalue weighted by Gasteiger charge is 2.63. The number of hydrogen-bond donors (Lipinski definition) is 2. The molecule has 190 valence electrons. The van der Waals surface area contributed by atoms with Crippen molar-refractivity contribution in [1.82, 2.24) is 0 Å². The number of Topliss-reactive ketones (excluding diaryl/α,β-unsaturated/α-hetero) is 1. The van der Waals surface area contributed by atoms with Gasteiger partial charge in [-0.1, -0.05) is 71.8 Å². The molecule has 0 aromatic carbocycles. The van der Waals surface area contributed by atoms with E-state index < -0.39 is 11.9 Å². The summed E-state index contributed by atoms with van der Waals surface area (Å²) in [6.45, 7) is 15.7. The molecule has 0 heterocycles. The first-order valence-corrected chi connectivity index (χ1v) is 13.5. The molecule has 0 radical (unpaired) electrons. The number of hydrogen-bond acceptors (Lipinski definition) is 3. The average Bonchev–Trinajstić information content (AvgIpc) is 3.02. The van der Waals surface area contributed by atoms with E-state index >= 15 is 0 Å². The molecule has 4 nitrogen and oxygen atoms in total. The molecular weight excluding hydrogens is 424 g/mol. The van der Waals surface area contributed by atoms with E-state index in [1.807, 2.05) is 0 Å². The van der Waals surface area contributed by atoms with Gasteiger partial charge in [0.15, 0.2) is 0 Å². The molecule has 4 aliphatic rings. The van der Waals surface area contributed by atoms with Crippen LogP contribution in [0.5, 0.6) is 0 Å². The van der Waals surface area contributed by atoms with Crippen molar-refractivity contribution in [2.45, 2.75) is 106 Å². The number of carboxylic acid groups (broad SMARTS) is 1. The van der Waals surface area contributed by atoms with Crippen LogP contribution in [-0.4, -0.2) is 28.1 Å². The van der Waals surface area contributed by atoms with E-state index in [0.717, 1.165) is 25.7 Å². The molecule has 2 fully saturated rings. The number of ketones is 1. The predicted octanol–water partition coefficient (Wildman–Crippen LogP) is 6.58. The molecule has 4 rings (SSSR count). The SMILES string of the molecule is C[C@H](CC(=O)C[C@@H](C)C1=CC[C@@]2(C)[C@@H]3CC[C@H]4C(C)(C)[C@H](O)CC[C@]4(C)C3=CC[C@]12C)C(=O)O. The Morgan fingerprint density at radius 2 is 1.68 bits per heavy atom. The van der Waals surface area contributed by atoms with Crippen molar-refractivity contribution in [2.75, 3.05) is 0 Å². The van der Waals surface area contributed by atoms with Gasteiger partial charge in [0, 0.05) is 12.8 Å². The van der Waals surface area contributed by atoms with Gasteiger partial charge in [-0.05, 0) is 77.9 Å². The minimum absolute atomic E-state index is 0.0339. The summed E-state index contributed by atoms with van der Waals surface area (Å²) in [6, 6.07) is 0. The quantitative estimate of drug-likeness (QED) is 0.430. The number of aliphatic hydroxyl groups is 1. The van der Waals surface area contributed by atoms with Crippen LogP contribution in [0.3, 0.4) is 0 Å². The second-order valence-electron chi connectivity index (χ2n) is 13.5. The Morgan fingerprint density at radius 3 is 2.32 bits per heavy atom. The average molecular weight is 471 g/mol. The fourth-order valence-corrected chi connectivity index (χ4v) is 9.00. The maximum atomic E-state index is 12.7. The number of allylic oxidation sites excluding steroid dienone is 4. The number of carbonyl (C=O) groups excluding carboxylic acids is 1. The Bertz CT molecular complexity index is 928. The first-order chi connectivity index (χ1) is 15.7. The Hall–Kier alpha value is -1.42. The van der Waals surface area contributed by atoms with Crippen molar-refractivity contribution in [3.8, 4) is 0 Å². The Kier molecular flexibility index (Phi) is 6.28. The fourth-order valence-electron chi connectivity index (χ4n) is 9.00. The normalized spacial score (nSPS) is 42.4. The Morgan fingerprint density at radius 1 is 1.00 bits per heavy atom. The lowest BCUT2D eigenvalue weighted by molar-refractivity contribution is -0.143. The Balaban J connectivity index is 1.59. The topological polar surface area (TPSA) is 74.6 Å². The van der Waals surface area contributed by atoms with E-state index in [9.17, 15) is 19.8 Å². The van der Waals surface area contributed by atoms with Crippen LogP contribution in [0.2, 0.25) is 0 Å². The Labute approximate surface area is 206 Å². The third-order valence-corrected chi connectivity index (χ3v) is 11.4. The predicted molar refractivity (Wildman–Crippen MR) is 135 cm³/mol. The molecule has 4 aliphatic carbocycles. The smallest absolute Gasteiger partial charge is 0.306 e. The maximum Gasteiger partial charge on any atom is 0.306 e. The molecular formula is C30H46O4. The van der Waals surface area contributed by atoms with E-state index in [-0.39, 0.29) is 45.9 Å². The van der Waals surface area contributed by atoms with Crippen molar-refractivity contribution in [3.05, 3.63) is 23.3 Å². The van der Waals surface area contributed by atoms with Crippen LogP contribution < -0.4 is 0 Å². The third kappa shape index (κ3) is 3.57. The summed E-state index contributed by atoms with van der Waals surface area (Å²) in [6.07, 6.45) is 11.7. The molecule has 0 amide bonds. The zero-order valence-electron chi connectivity index (χ0n) is 22.4. The van der Waals surface area contributed by atoms with Gasteiger partial charge in [-0.2, -0.15) is 0 Å². The first kappa shape index (κ1) is 25.7. The lowest BCUT2D eigenvalue weighted by Crippen LogP contribution is -2.57. The van der Waals surface area contributed by atoms with E-state index in [2.05, 4.69) is 53.7 Å². The third-order valence-electron chi connectivity index (χ3n) is 11.4. The zero-order chi connectivity index (χ0) is 25.3. The van der Waals surface area contributed by atoms with Gasteiger partial charge in [-0.15, -0.1) is 0 Å². The lowest BCUT2D eigenvalue weighted by atomic mass is 9.41. The van der Waals surface area contributed by atoms with Gasteiger partial charge >= 0.3 is 5.97 Å². The van der Waals surface area contributed by atoms with Crippen LogP contribution in [-0.2, 0) is 9.59 Å². The molecule has 0 aromatic rings. The number of carbonyl (C=O) groups is 2. The van der Waals surface area contributed by atoms with Crippen LogP contribution in [0.25, 0.3) is 0 Å². The molecule has 0 aromatic heterocycles. The number of aliphatic carboxylic acids is 1. The van der Waals surface area contributed by atoms with Gasteiger partial charge in [0.2, 0.25) is 0 Å². The largest absolute Gasteiger partial charge is 0.481 e. The molecule has 4 heteroatoms. The highest BCUT2D eigenvalue weighted by Crippen LogP contribution is 2.71. The van der Waals surface area contributed by atoms with Crippen molar-refractivity contribution in [1.29, 1.82) is 0 Å². The lowest BCUT2D eigenvalue weighted by Gasteiger charge is -2.64. The van der Waals surface area contributed by atoms with Gasteiger partial charge in [0.05, 0.1) is 12.0 Å². The molecule has 0 aliphatic heterocycles. The van der Waals surface area contributed by atoms with Crippen molar-refractivity contribution >= 4 is 11.8 Å². The highest BCUT2D eigenvalue weighted by atomic mass is 16.4. The monoisotopic (exact) mass is 470 g/mol. The van der Waals surface area contributed by atoms with E-state index in [1.165, 1.54) is 18.4 Å². The van der Waals surface area contributed by atoms with E-state index in [1.54, 1.807) is 12.5 Å². The van der Waals surface area contributed by atoms with Crippen LogP contribution in [0.15, 0.2) is 23.3 Å². The molecule has 8 atom stereocenters. The molecule has 0 spiro atoms. The fraction of sp³-hybridized carbons (Fsp3) is 0.800. The van der Waals surface area contributed by atoms with Crippen LogP contribution in [0, 0.1) is 45.3 Å². The molecule has 2 N–H and O–H groups in total. The molecule has 0 bridgehead atoms. The summed E-state index contributed by atoms with van der Waals surface area (Å²) in [7, 11) is 0. The second-order valence-corrected chi connectivity index (χ2v) is 13.5. The van der Waals surface area contributed by atoms with Gasteiger partial charge in [-0.3, -0.25) is 9.59 Å². The van der Waals surface area contributed by atoms with Gasteiger partial charge in [0.25, 0.3) is 0 Å². The van der Waals surface area contributed by atoms with Gasteiger partial charge < -0.3 is 10.2 Å². The summed E-state index contributed by atoms with van der Waals surface area (Å²) >= 11 is 0. The highest BCUT2D eigenvalue weighted by molar-refractivity contribution is 5.84. The molecule has 0 saturated heterocycles. The summed E-state index contributed by atoms with van der Waals surface area (Å²) < 4.78 is 0. The summed E-state index contributed by atoms with van der Waals surface area (Å²) in [5.41, 5.74) is 3.35. The van der Waals surface area contributed by atoms with Gasteiger partial charge in [0.1, 0.15) is 5.78 Å². The first-order valence-electron chi connectivity index (χ1n) is 13.5. The maximum absolute atomic E-state index is 12.7. The summed E-state index contributed by atoms with van der Waals surface area (Å²) in [5.74, 6) is -0.252. The number of carboxylic acids is 1. The number of aliphatic hydroxyl groups excluding tert-OH is 1. The molecule has 0 unspecified atom stereocenters. The second kappa shape index (κ2) is 8.32. The van der Waals surface area contributed by atoms with E-state index in [0.29, 0.717) is 18.3 Å². The van der Waals surface area contributed by atoms with Crippen LogP contribution in [0.4, 0.5) is 0 Å². The standard InChI is InChI=1S/C30H46O4/c1-18(16-20(31)17-19(2)26(33)34)21-10-14-30(7)23-8-9-24-27(3,4)25(32)12-13-28(24,5)22(23)11-15-29(21,30)6/h10-11,18-19,23-25,32H,8-9,12-17H2,1-7H3,(H,33,34)/t18-,19-,23-,24+,25-,28-,29-,30+/m1/s1. The van der Waals surface area contributed by atoms with E-state index in [4.69, 9.17) is 0 Å². The summed E-state index contributed by atoms with van der Waals surface area (Å²) in [5, 5.41) is 20.0. The molecule has 34 heavy (non-hydrogen) atoms. The number of rotatable bonds is 6. The minimum atomic E-state index is -0.895. The number of fused-ring (bicyclic) bond motifs is 5. The van der Waals surface area contributed by atoms with Crippen molar-refractivity contribution in [3.63, 3.8) is 0 Å². The van der Waals surface area contributed by atoms with Crippen molar-refractivity contribution < 1.29 is 19.8 Å². The van der Waals surface area contributed by atoms with Crippen molar-refractivity contribution in [2.24, 2.45) is 45.3 Å². The van der Waals surface area contributed by atoms with Gasteiger partial charge in [-0.25, -0.2) is 0 Å². The molecule has 2 saturated carbocycles.